The number of ether oxygens (including phenoxy) is 1. The van der Waals surface area contributed by atoms with Crippen LogP contribution in [0.3, 0.4) is 0 Å². The van der Waals surface area contributed by atoms with Crippen LogP contribution in [-0.4, -0.2) is 47.5 Å². The summed E-state index contributed by atoms with van der Waals surface area (Å²) in [4.78, 5) is 2.02. The van der Waals surface area contributed by atoms with Crippen LogP contribution in [0.15, 0.2) is 60.7 Å². The Balaban J connectivity index is 1.81. The average molecular weight is 301 g/mol. The molecule has 0 bridgehead atoms. The van der Waals surface area contributed by atoms with Crippen molar-refractivity contribution >= 4 is 0 Å². The second-order valence-electron chi connectivity index (χ2n) is 5.22. The Kier molecular flexibility index (Phi) is 6.90. The fraction of sp³-hybridized carbons (Fsp3) is 0.333. The van der Waals surface area contributed by atoms with E-state index in [1.807, 2.05) is 65.6 Å². The Morgan fingerprint density at radius 1 is 0.955 bits per heavy atom. The summed E-state index contributed by atoms with van der Waals surface area (Å²) in [6.07, 6.45) is -0.601. The van der Waals surface area contributed by atoms with Gasteiger partial charge in [-0.2, -0.15) is 0 Å². The smallest absolute Gasteiger partial charge is 0.119 e. The van der Waals surface area contributed by atoms with Gasteiger partial charge in [0, 0.05) is 19.6 Å². The number of benzene rings is 2. The minimum atomic E-state index is -0.601. The van der Waals surface area contributed by atoms with E-state index in [1.165, 1.54) is 0 Å². The second kappa shape index (κ2) is 9.20. The average Bonchev–Trinajstić information content (AvgIpc) is 2.55. The number of hydrogen-bond donors (Lipinski definition) is 2. The molecular formula is C18H23NO3. The molecule has 0 saturated heterocycles. The van der Waals surface area contributed by atoms with E-state index >= 15 is 0 Å². The Morgan fingerprint density at radius 3 is 2.23 bits per heavy atom. The Morgan fingerprint density at radius 2 is 1.59 bits per heavy atom. The summed E-state index contributed by atoms with van der Waals surface area (Å²) in [7, 11) is 0. The van der Waals surface area contributed by atoms with Crippen LogP contribution in [0, 0.1) is 0 Å². The molecule has 118 valence electrons. The number of aliphatic hydroxyl groups is 2. The van der Waals surface area contributed by atoms with Gasteiger partial charge in [0.25, 0.3) is 0 Å². The zero-order valence-corrected chi connectivity index (χ0v) is 12.6. The van der Waals surface area contributed by atoms with Gasteiger partial charge in [-0.15, -0.1) is 0 Å². The monoisotopic (exact) mass is 301 g/mol. The first-order valence-electron chi connectivity index (χ1n) is 7.51. The van der Waals surface area contributed by atoms with Gasteiger partial charge in [-0.1, -0.05) is 48.5 Å². The van der Waals surface area contributed by atoms with Gasteiger partial charge < -0.3 is 14.9 Å². The molecule has 1 atom stereocenters. The number of aliphatic hydroxyl groups excluding tert-OH is 2. The molecule has 1 unspecified atom stereocenters. The Bertz CT molecular complexity index is 518. The third-order valence-corrected chi connectivity index (χ3v) is 3.32. The first kappa shape index (κ1) is 16.5. The minimum absolute atomic E-state index is 0.0685. The number of rotatable bonds is 9. The summed E-state index contributed by atoms with van der Waals surface area (Å²) in [5.41, 5.74) is 1.16. The van der Waals surface area contributed by atoms with Crippen LogP contribution in [0.4, 0.5) is 0 Å². The molecule has 0 spiro atoms. The van der Waals surface area contributed by atoms with Gasteiger partial charge in [0.1, 0.15) is 18.5 Å². The van der Waals surface area contributed by atoms with Crippen molar-refractivity contribution in [2.75, 3.05) is 26.3 Å². The maximum Gasteiger partial charge on any atom is 0.119 e. The molecule has 2 aromatic carbocycles. The van der Waals surface area contributed by atoms with Crippen LogP contribution < -0.4 is 4.74 Å². The minimum Gasteiger partial charge on any atom is -0.491 e. The molecule has 0 aliphatic carbocycles. The zero-order valence-electron chi connectivity index (χ0n) is 12.6. The van der Waals surface area contributed by atoms with Crippen molar-refractivity contribution in [3.05, 3.63) is 66.2 Å². The van der Waals surface area contributed by atoms with Gasteiger partial charge in [0.15, 0.2) is 0 Å². The van der Waals surface area contributed by atoms with Crippen molar-refractivity contribution in [3.8, 4) is 5.75 Å². The highest BCUT2D eigenvalue weighted by atomic mass is 16.5. The summed E-state index contributed by atoms with van der Waals surface area (Å²) < 4.78 is 5.56. The fourth-order valence-electron chi connectivity index (χ4n) is 2.28. The standard InChI is InChI=1S/C18H23NO3/c20-12-11-19(13-16-7-3-1-4-8-16)14-17(21)15-22-18-9-5-2-6-10-18/h1-10,17,20-21H,11-15H2. The van der Waals surface area contributed by atoms with E-state index in [0.29, 0.717) is 19.6 Å². The van der Waals surface area contributed by atoms with Crippen molar-refractivity contribution in [3.63, 3.8) is 0 Å². The maximum absolute atomic E-state index is 10.1. The molecule has 2 aromatic rings. The third-order valence-electron chi connectivity index (χ3n) is 3.32. The number of para-hydroxylation sites is 1. The molecule has 2 rings (SSSR count). The van der Waals surface area contributed by atoms with Gasteiger partial charge in [0.05, 0.1) is 6.61 Å². The lowest BCUT2D eigenvalue weighted by Crippen LogP contribution is -2.37. The highest BCUT2D eigenvalue weighted by Gasteiger charge is 2.12. The summed E-state index contributed by atoms with van der Waals surface area (Å²) in [6, 6.07) is 19.5. The number of hydrogen-bond acceptors (Lipinski definition) is 4. The van der Waals surface area contributed by atoms with E-state index < -0.39 is 6.10 Å². The highest BCUT2D eigenvalue weighted by Crippen LogP contribution is 2.09. The van der Waals surface area contributed by atoms with Gasteiger partial charge >= 0.3 is 0 Å². The molecule has 0 aliphatic rings. The second-order valence-corrected chi connectivity index (χ2v) is 5.22. The van der Waals surface area contributed by atoms with Crippen LogP contribution >= 0.6 is 0 Å². The van der Waals surface area contributed by atoms with Gasteiger partial charge in [-0.3, -0.25) is 4.90 Å². The summed E-state index contributed by atoms with van der Waals surface area (Å²) in [6.45, 7) is 1.99. The molecule has 0 amide bonds. The van der Waals surface area contributed by atoms with E-state index in [1.54, 1.807) is 0 Å². The normalized spacial score (nSPS) is 12.3. The van der Waals surface area contributed by atoms with Crippen molar-refractivity contribution < 1.29 is 14.9 Å². The fourth-order valence-corrected chi connectivity index (χ4v) is 2.28. The van der Waals surface area contributed by atoms with E-state index in [9.17, 15) is 10.2 Å². The van der Waals surface area contributed by atoms with Crippen LogP contribution in [0.25, 0.3) is 0 Å². The largest absolute Gasteiger partial charge is 0.491 e. The molecule has 2 N–H and O–H groups in total. The highest BCUT2D eigenvalue weighted by molar-refractivity contribution is 5.20. The number of nitrogens with zero attached hydrogens (tertiary/aromatic N) is 1. The van der Waals surface area contributed by atoms with E-state index in [-0.39, 0.29) is 13.2 Å². The molecule has 4 nitrogen and oxygen atoms in total. The first-order valence-corrected chi connectivity index (χ1v) is 7.51. The first-order chi connectivity index (χ1) is 10.8. The van der Waals surface area contributed by atoms with Gasteiger partial charge in [-0.05, 0) is 17.7 Å². The van der Waals surface area contributed by atoms with E-state index in [4.69, 9.17) is 4.74 Å². The molecular weight excluding hydrogens is 278 g/mol. The Hall–Kier alpha value is -1.88. The molecule has 0 saturated carbocycles. The van der Waals surface area contributed by atoms with Crippen molar-refractivity contribution in [1.82, 2.24) is 4.90 Å². The van der Waals surface area contributed by atoms with Crippen molar-refractivity contribution in [2.24, 2.45) is 0 Å². The SMILES string of the molecule is OCCN(Cc1ccccc1)CC(O)COc1ccccc1. The van der Waals surface area contributed by atoms with Gasteiger partial charge in [-0.25, -0.2) is 0 Å². The third kappa shape index (κ3) is 5.85. The van der Waals surface area contributed by atoms with Crippen LogP contribution in [0.2, 0.25) is 0 Å². The maximum atomic E-state index is 10.1. The van der Waals surface area contributed by atoms with Crippen LogP contribution in [0.5, 0.6) is 5.75 Å². The lowest BCUT2D eigenvalue weighted by Gasteiger charge is -2.24. The lowest BCUT2D eigenvalue weighted by molar-refractivity contribution is 0.0590. The predicted octanol–water partition coefficient (Wildman–Crippen LogP) is 1.92. The predicted molar refractivity (Wildman–Crippen MR) is 86.7 cm³/mol. The zero-order chi connectivity index (χ0) is 15.6. The molecule has 0 radical (unpaired) electrons. The lowest BCUT2D eigenvalue weighted by atomic mass is 10.2. The quantitative estimate of drug-likeness (QED) is 0.743. The summed E-state index contributed by atoms with van der Waals surface area (Å²) in [5.74, 6) is 0.748. The Labute approximate surface area is 131 Å². The molecule has 0 aromatic heterocycles. The van der Waals surface area contributed by atoms with Crippen molar-refractivity contribution in [1.29, 1.82) is 0 Å². The van der Waals surface area contributed by atoms with Crippen LogP contribution in [-0.2, 0) is 6.54 Å². The molecule has 0 aliphatic heterocycles. The molecule has 0 heterocycles. The van der Waals surface area contributed by atoms with Crippen molar-refractivity contribution in [2.45, 2.75) is 12.6 Å². The molecule has 22 heavy (non-hydrogen) atoms. The van der Waals surface area contributed by atoms with E-state index in [2.05, 4.69) is 0 Å². The van der Waals surface area contributed by atoms with E-state index in [0.717, 1.165) is 11.3 Å². The molecule has 0 fully saturated rings. The van der Waals surface area contributed by atoms with Crippen LogP contribution in [0.1, 0.15) is 5.56 Å². The van der Waals surface area contributed by atoms with Gasteiger partial charge in [0.2, 0.25) is 0 Å². The topological polar surface area (TPSA) is 52.9 Å². The summed E-state index contributed by atoms with van der Waals surface area (Å²) in [5, 5.41) is 19.3. The summed E-state index contributed by atoms with van der Waals surface area (Å²) >= 11 is 0. The molecule has 4 heteroatoms.